The van der Waals surface area contributed by atoms with Gasteiger partial charge < -0.3 is 18.9 Å². The molecule has 1 heterocycles. The Hall–Kier alpha value is -3.35. The molecule has 7 nitrogen and oxygen atoms in total. The van der Waals surface area contributed by atoms with E-state index in [4.69, 9.17) is 14.0 Å². The minimum absolute atomic E-state index is 0.173. The molecule has 0 unspecified atom stereocenters. The Morgan fingerprint density at radius 1 is 1.10 bits per heavy atom. The Morgan fingerprint density at radius 2 is 1.76 bits per heavy atom. The fourth-order valence-corrected chi connectivity index (χ4v) is 3.02. The van der Waals surface area contributed by atoms with Crippen LogP contribution < -0.4 is 9.47 Å². The van der Waals surface area contributed by atoms with Gasteiger partial charge in [0.1, 0.15) is 11.5 Å². The highest BCUT2D eigenvalue weighted by Crippen LogP contribution is 2.21. The molecule has 0 radical (unpaired) electrons. The number of amides is 1. The summed E-state index contributed by atoms with van der Waals surface area (Å²) in [6.45, 7) is 5.92. The number of carbonyl (C=O) groups excluding carboxylic acids is 1. The molecule has 3 aromatic rings. The Morgan fingerprint density at radius 3 is 2.38 bits per heavy atom. The number of ether oxygens (including phenoxy) is 2. The predicted octanol–water partition coefficient (Wildman–Crippen LogP) is 3.79. The van der Waals surface area contributed by atoms with Crippen molar-refractivity contribution in [3.05, 3.63) is 59.5 Å². The van der Waals surface area contributed by atoms with Crippen molar-refractivity contribution >= 4 is 5.91 Å². The van der Waals surface area contributed by atoms with Crippen LogP contribution in [0.2, 0.25) is 0 Å². The molecule has 0 bridgehead atoms. The number of aryl methyl sites for hydroxylation is 2. The second kappa shape index (κ2) is 8.77. The Balaban J connectivity index is 1.62. The van der Waals surface area contributed by atoms with Gasteiger partial charge in [-0.3, -0.25) is 4.79 Å². The molecular formula is C22H25N3O4. The third kappa shape index (κ3) is 5.13. The van der Waals surface area contributed by atoms with Crippen molar-refractivity contribution < 1.29 is 18.8 Å². The van der Waals surface area contributed by atoms with E-state index in [2.05, 4.69) is 16.2 Å². The summed E-state index contributed by atoms with van der Waals surface area (Å²) in [5.74, 6) is 2.07. The van der Waals surface area contributed by atoms with Gasteiger partial charge in [0.25, 0.3) is 5.91 Å². The molecule has 0 N–H and O–H groups in total. The van der Waals surface area contributed by atoms with Gasteiger partial charge in [0, 0.05) is 12.6 Å². The smallest absolute Gasteiger partial charge is 0.263 e. The van der Waals surface area contributed by atoms with E-state index in [0.717, 1.165) is 22.4 Å². The third-order valence-electron chi connectivity index (χ3n) is 4.42. The second-order valence-corrected chi connectivity index (χ2v) is 7.02. The molecule has 0 aliphatic rings. The number of hydrogen-bond donors (Lipinski definition) is 0. The van der Waals surface area contributed by atoms with E-state index in [1.165, 1.54) is 4.90 Å². The van der Waals surface area contributed by atoms with E-state index >= 15 is 0 Å². The first-order valence-electron chi connectivity index (χ1n) is 9.32. The van der Waals surface area contributed by atoms with Crippen LogP contribution in [0.5, 0.6) is 11.5 Å². The van der Waals surface area contributed by atoms with Crippen LogP contribution in [0, 0.1) is 13.8 Å². The lowest BCUT2D eigenvalue weighted by Gasteiger charge is -2.21. The molecule has 0 aliphatic carbocycles. The normalized spacial score (nSPS) is 11.8. The summed E-state index contributed by atoms with van der Waals surface area (Å²) in [5.41, 5.74) is 2.98. The number of benzene rings is 2. The fraction of sp³-hybridized carbons (Fsp3) is 0.318. The number of carbonyl (C=O) groups is 1. The molecular weight excluding hydrogens is 370 g/mol. The Kier molecular flexibility index (Phi) is 6.16. The van der Waals surface area contributed by atoms with Crippen molar-refractivity contribution in [2.45, 2.75) is 33.4 Å². The lowest BCUT2D eigenvalue weighted by Crippen LogP contribution is -2.37. The van der Waals surface area contributed by atoms with E-state index in [-0.39, 0.29) is 12.5 Å². The quantitative estimate of drug-likeness (QED) is 0.606. The standard InChI is InChI=1S/C22H25N3O4/c1-14-10-15(2)12-19(11-14)28-16(3)22(26)25(4)13-20-23-21(24-29-20)17-6-8-18(27-5)9-7-17/h6-12,16H,13H2,1-5H3/t16-/m0/s1. The summed E-state index contributed by atoms with van der Waals surface area (Å²) >= 11 is 0. The maximum atomic E-state index is 12.7. The molecule has 7 heteroatoms. The van der Waals surface area contributed by atoms with Gasteiger partial charge in [-0.2, -0.15) is 4.98 Å². The molecule has 0 saturated heterocycles. The lowest BCUT2D eigenvalue weighted by molar-refractivity contribution is -0.137. The van der Waals surface area contributed by atoms with Gasteiger partial charge in [0.2, 0.25) is 11.7 Å². The summed E-state index contributed by atoms with van der Waals surface area (Å²) in [5, 5.41) is 3.99. The van der Waals surface area contributed by atoms with Gasteiger partial charge in [-0.15, -0.1) is 0 Å². The number of methoxy groups -OCH3 is 1. The van der Waals surface area contributed by atoms with Gasteiger partial charge in [-0.25, -0.2) is 0 Å². The van der Waals surface area contributed by atoms with E-state index in [0.29, 0.717) is 17.5 Å². The zero-order valence-corrected chi connectivity index (χ0v) is 17.3. The van der Waals surface area contributed by atoms with Crippen LogP contribution in [0.15, 0.2) is 47.0 Å². The summed E-state index contributed by atoms with van der Waals surface area (Å²) in [7, 11) is 3.29. The van der Waals surface area contributed by atoms with Crippen LogP contribution in [-0.2, 0) is 11.3 Å². The molecule has 152 valence electrons. The second-order valence-electron chi connectivity index (χ2n) is 7.02. The topological polar surface area (TPSA) is 77.7 Å². The minimum atomic E-state index is -0.634. The molecule has 29 heavy (non-hydrogen) atoms. The molecule has 0 aliphatic heterocycles. The van der Waals surface area contributed by atoms with Crippen molar-refractivity contribution in [3.8, 4) is 22.9 Å². The van der Waals surface area contributed by atoms with Crippen molar-refractivity contribution in [2.24, 2.45) is 0 Å². The largest absolute Gasteiger partial charge is 0.497 e. The maximum absolute atomic E-state index is 12.7. The summed E-state index contributed by atoms with van der Waals surface area (Å²) in [4.78, 5) is 18.6. The van der Waals surface area contributed by atoms with Gasteiger partial charge >= 0.3 is 0 Å². The van der Waals surface area contributed by atoms with Crippen LogP contribution in [0.25, 0.3) is 11.4 Å². The number of aromatic nitrogens is 2. The first-order chi connectivity index (χ1) is 13.9. The molecule has 0 saturated carbocycles. The highest BCUT2D eigenvalue weighted by atomic mass is 16.5. The first-order valence-corrected chi connectivity index (χ1v) is 9.32. The van der Waals surface area contributed by atoms with E-state index < -0.39 is 6.10 Å². The SMILES string of the molecule is COc1ccc(-c2noc(CN(C)C(=O)[C@H](C)Oc3cc(C)cc(C)c3)n2)cc1. The predicted molar refractivity (Wildman–Crippen MR) is 109 cm³/mol. The minimum Gasteiger partial charge on any atom is -0.497 e. The third-order valence-corrected chi connectivity index (χ3v) is 4.42. The molecule has 1 atom stereocenters. The van der Waals surface area contributed by atoms with Crippen LogP contribution in [0.3, 0.4) is 0 Å². The molecule has 3 rings (SSSR count). The zero-order valence-electron chi connectivity index (χ0n) is 17.3. The van der Waals surface area contributed by atoms with Gasteiger partial charge in [-0.1, -0.05) is 11.2 Å². The first kappa shape index (κ1) is 20.4. The van der Waals surface area contributed by atoms with E-state index in [1.54, 1.807) is 21.1 Å². The number of rotatable bonds is 7. The molecule has 2 aromatic carbocycles. The number of hydrogen-bond acceptors (Lipinski definition) is 6. The van der Waals surface area contributed by atoms with Crippen molar-refractivity contribution in [3.63, 3.8) is 0 Å². The van der Waals surface area contributed by atoms with Crippen LogP contribution in [0.1, 0.15) is 23.9 Å². The van der Waals surface area contributed by atoms with Crippen LogP contribution >= 0.6 is 0 Å². The van der Waals surface area contributed by atoms with Gasteiger partial charge in [0.05, 0.1) is 13.7 Å². The lowest BCUT2D eigenvalue weighted by atomic mass is 10.1. The average molecular weight is 395 g/mol. The van der Waals surface area contributed by atoms with Crippen LogP contribution in [0.4, 0.5) is 0 Å². The molecule has 1 aromatic heterocycles. The number of nitrogens with zero attached hydrogens (tertiary/aromatic N) is 3. The van der Waals surface area contributed by atoms with Crippen molar-refractivity contribution in [1.29, 1.82) is 0 Å². The highest BCUT2D eigenvalue weighted by Gasteiger charge is 2.21. The molecule has 1 amide bonds. The van der Waals surface area contributed by atoms with Crippen molar-refractivity contribution in [2.75, 3.05) is 14.2 Å². The van der Waals surface area contributed by atoms with Crippen LogP contribution in [-0.4, -0.2) is 41.2 Å². The molecule has 0 spiro atoms. The Bertz CT molecular complexity index is 962. The van der Waals surface area contributed by atoms with E-state index in [1.807, 2.05) is 50.2 Å². The Labute approximate surface area is 170 Å². The number of likely N-dealkylation sites (N-methyl/N-ethyl adjacent to an activating group) is 1. The zero-order chi connectivity index (χ0) is 21.0. The average Bonchev–Trinajstić information content (AvgIpc) is 3.15. The van der Waals surface area contributed by atoms with E-state index in [9.17, 15) is 4.79 Å². The highest BCUT2D eigenvalue weighted by molar-refractivity contribution is 5.80. The summed E-state index contributed by atoms with van der Waals surface area (Å²) in [6, 6.07) is 13.2. The summed E-state index contributed by atoms with van der Waals surface area (Å²) in [6.07, 6.45) is -0.634. The van der Waals surface area contributed by atoms with Gasteiger partial charge in [0.15, 0.2) is 6.10 Å². The van der Waals surface area contributed by atoms with Crippen molar-refractivity contribution in [1.82, 2.24) is 15.0 Å². The monoisotopic (exact) mass is 395 g/mol. The fourth-order valence-electron chi connectivity index (χ4n) is 3.02. The maximum Gasteiger partial charge on any atom is 0.263 e. The van der Waals surface area contributed by atoms with Gasteiger partial charge in [-0.05, 0) is 68.3 Å². The summed E-state index contributed by atoms with van der Waals surface area (Å²) < 4.78 is 16.3. The molecule has 0 fully saturated rings.